The average molecular weight is 246 g/mol. The Kier molecular flexibility index (Phi) is 9.43. The molecule has 0 spiro atoms. The van der Waals surface area contributed by atoms with E-state index in [0.29, 0.717) is 6.42 Å². The summed E-state index contributed by atoms with van der Waals surface area (Å²) in [5.41, 5.74) is 0. The molecule has 5 nitrogen and oxygen atoms in total. The number of ether oxygens (including phenoxy) is 1. The number of carboxylic acids is 1. The van der Waals surface area contributed by atoms with Gasteiger partial charge in [0.1, 0.15) is 0 Å². The second-order valence-corrected chi connectivity index (χ2v) is 4.10. The van der Waals surface area contributed by atoms with E-state index in [9.17, 15) is 9.59 Å². The van der Waals surface area contributed by atoms with Crippen LogP contribution in [0.4, 0.5) is 0 Å². The van der Waals surface area contributed by atoms with Crippen LogP contribution in [0.15, 0.2) is 0 Å². The summed E-state index contributed by atoms with van der Waals surface area (Å²) in [5, 5.41) is 17.2. The van der Waals surface area contributed by atoms with Gasteiger partial charge in [-0.2, -0.15) is 0 Å². The van der Waals surface area contributed by atoms with Crippen LogP contribution in [0.1, 0.15) is 58.3 Å². The van der Waals surface area contributed by atoms with E-state index in [4.69, 9.17) is 10.2 Å². The Morgan fingerprint density at radius 3 is 1.94 bits per heavy atom. The largest absolute Gasteiger partial charge is 0.481 e. The van der Waals surface area contributed by atoms with Gasteiger partial charge in [-0.3, -0.25) is 9.59 Å². The minimum Gasteiger partial charge on any atom is -0.481 e. The molecule has 5 heteroatoms. The van der Waals surface area contributed by atoms with Gasteiger partial charge in [-0.25, -0.2) is 0 Å². The topological polar surface area (TPSA) is 83.8 Å². The second kappa shape index (κ2) is 10.1. The van der Waals surface area contributed by atoms with Crippen molar-refractivity contribution < 1.29 is 24.5 Å². The van der Waals surface area contributed by atoms with Crippen molar-refractivity contribution >= 4 is 11.9 Å². The van der Waals surface area contributed by atoms with Crippen LogP contribution in [0.2, 0.25) is 0 Å². The van der Waals surface area contributed by atoms with E-state index in [1.165, 1.54) is 6.92 Å². The van der Waals surface area contributed by atoms with E-state index in [0.717, 1.165) is 38.5 Å². The normalized spacial score (nSPS) is 12.1. The molecule has 2 N–H and O–H groups in total. The van der Waals surface area contributed by atoms with Crippen molar-refractivity contribution in [3.8, 4) is 0 Å². The molecule has 0 aromatic carbocycles. The maximum atomic E-state index is 11.0. The van der Waals surface area contributed by atoms with Crippen molar-refractivity contribution in [2.24, 2.45) is 0 Å². The molecule has 0 saturated carbocycles. The minimum absolute atomic E-state index is 0.237. The first kappa shape index (κ1) is 15.9. The summed E-state index contributed by atoms with van der Waals surface area (Å²) in [6.07, 6.45) is 4.87. The number of aliphatic hydroxyl groups is 1. The molecule has 0 aliphatic carbocycles. The Morgan fingerprint density at radius 2 is 1.47 bits per heavy atom. The fraction of sp³-hybridized carbons (Fsp3) is 0.833. The maximum Gasteiger partial charge on any atom is 0.308 e. The minimum atomic E-state index is -1.03. The summed E-state index contributed by atoms with van der Waals surface area (Å²) < 4.78 is 4.57. The number of carbonyl (C=O) groups is 2. The molecule has 0 aromatic rings. The van der Waals surface area contributed by atoms with Gasteiger partial charge in [0.15, 0.2) is 6.29 Å². The molecule has 0 saturated heterocycles. The molecule has 0 rings (SSSR count). The van der Waals surface area contributed by atoms with Crippen molar-refractivity contribution in [1.29, 1.82) is 0 Å². The Hall–Kier alpha value is -1.10. The number of aliphatic carboxylic acids is 1. The number of esters is 1. The zero-order valence-electron chi connectivity index (χ0n) is 10.4. The van der Waals surface area contributed by atoms with Crippen molar-refractivity contribution in [1.82, 2.24) is 0 Å². The maximum absolute atomic E-state index is 11.0. The summed E-state index contributed by atoms with van der Waals surface area (Å²) in [5.74, 6) is -1.11. The Morgan fingerprint density at radius 1 is 1.00 bits per heavy atom. The van der Waals surface area contributed by atoms with Crippen LogP contribution in [-0.2, 0) is 14.3 Å². The lowest BCUT2D eigenvalue weighted by Gasteiger charge is -2.06. The van der Waals surface area contributed by atoms with Crippen LogP contribution in [-0.4, -0.2) is 28.4 Å². The van der Waals surface area contributed by atoms with Gasteiger partial charge in [0.05, 0.1) is 0 Å². The highest BCUT2D eigenvalue weighted by Gasteiger charge is 2.05. The highest BCUT2D eigenvalue weighted by atomic mass is 16.6. The Bertz CT molecular complexity index is 225. The molecule has 100 valence electrons. The van der Waals surface area contributed by atoms with Crippen LogP contribution >= 0.6 is 0 Å². The summed E-state index contributed by atoms with van der Waals surface area (Å²) in [6.45, 7) is 1.40. The van der Waals surface area contributed by atoms with Gasteiger partial charge in [-0.15, -0.1) is 0 Å². The van der Waals surface area contributed by atoms with Crippen LogP contribution in [0, 0.1) is 0 Å². The molecule has 0 amide bonds. The number of carbonyl (C=O) groups excluding carboxylic acids is 1. The number of carboxylic acid groups (broad SMARTS) is 1. The summed E-state index contributed by atoms with van der Waals surface area (Å²) in [7, 11) is 0. The van der Waals surface area contributed by atoms with Crippen LogP contribution in [0.3, 0.4) is 0 Å². The van der Waals surface area contributed by atoms with Gasteiger partial charge in [0.25, 0.3) is 0 Å². The first-order valence-corrected chi connectivity index (χ1v) is 6.11. The zero-order chi connectivity index (χ0) is 13.1. The molecule has 0 fully saturated rings. The lowest BCUT2D eigenvalue weighted by atomic mass is 10.1. The highest BCUT2D eigenvalue weighted by molar-refractivity contribution is 5.69. The second-order valence-electron chi connectivity index (χ2n) is 4.10. The first-order chi connectivity index (χ1) is 8.02. The fourth-order valence-corrected chi connectivity index (χ4v) is 1.50. The van der Waals surface area contributed by atoms with Crippen LogP contribution in [0.5, 0.6) is 0 Å². The van der Waals surface area contributed by atoms with Crippen molar-refractivity contribution in [2.45, 2.75) is 64.6 Å². The molecule has 0 aliphatic rings. The van der Waals surface area contributed by atoms with E-state index in [1.54, 1.807) is 0 Å². The number of rotatable bonds is 10. The Labute approximate surface area is 102 Å². The molecule has 1 unspecified atom stereocenters. The Balaban J connectivity index is 3.18. The van der Waals surface area contributed by atoms with E-state index in [1.807, 2.05) is 0 Å². The van der Waals surface area contributed by atoms with Gasteiger partial charge < -0.3 is 14.9 Å². The zero-order valence-corrected chi connectivity index (χ0v) is 10.4. The predicted molar refractivity (Wildman–Crippen MR) is 62.3 cm³/mol. The smallest absolute Gasteiger partial charge is 0.308 e. The third-order valence-electron chi connectivity index (χ3n) is 2.32. The molecule has 0 radical (unpaired) electrons. The molecule has 0 heterocycles. The van der Waals surface area contributed by atoms with E-state index in [-0.39, 0.29) is 12.4 Å². The standard InChI is InChI=1S/C12H22O5/c1-10(13)17-12(16)9-7-5-3-2-4-6-8-11(14)15/h10,13H,2-9H2,1H3,(H,14,15). The molecule has 1 atom stereocenters. The number of hydrogen-bond donors (Lipinski definition) is 2. The number of hydrogen-bond acceptors (Lipinski definition) is 4. The molecule has 0 aromatic heterocycles. The molecule has 0 bridgehead atoms. The molecule has 0 aliphatic heterocycles. The number of aliphatic hydroxyl groups excluding tert-OH is 1. The fourth-order valence-electron chi connectivity index (χ4n) is 1.50. The lowest BCUT2D eigenvalue weighted by Crippen LogP contribution is -2.13. The van der Waals surface area contributed by atoms with Crippen LogP contribution in [0.25, 0.3) is 0 Å². The SMILES string of the molecule is CC(O)OC(=O)CCCCCCCCC(=O)O. The van der Waals surface area contributed by atoms with Crippen molar-refractivity contribution in [2.75, 3.05) is 0 Å². The third kappa shape index (κ3) is 12.8. The van der Waals surface area contributed by atoms with Gasteiger partial charge in [0.2, 0.25) is 0 Å². The lowest BCUT2D eigenvalue weighted by molar-refractivity contribution is -0.164. The van der Waals surface area contributed by atoms with E-state index >= 15 is 0 Å². The highest BCUT2D eigenvalue weighted by Crippen LogP contribution is 2.09. The van der Waals surface area contributed by atoms with Gasteiger partial charge in [-0.1, -0.05) is 25.7 Å². The van der Waals surface area contributed by atoms with E-state index in [2.05, 4.69) is 4.74 Å². The molecular weight excluding hydrogens is 224 g/mol. The predicted octanol–water partition coefficient (Wildman–Crippen LogP) is 2.07. The summed E-state index contributed by atoms with van der Waals surface area (Å²) >= 11 is 0. The summed E-state index contributed by atoms with van der Waals surface area (Å²) in [6, 6.07) is 0. The third-order valence-corrected chi connectivity index (χ3v) is 2.32. The molecular formula is C12H22O5. The average Bonchev–Trinajstić information content (AvgIpc) is 2.20. The van der Waals surface area contributed by atoms with Gasteiger partial charge >= 0.3 is 11.9 Å². The van der Waals surface area contributed by atoms with Crippen molar-refractivity contribution in [3.63, 3.8) is 0 Å². The monoisotopic (exact) mass is 246 g/mol. The van der Waals surface area contributed by atoms with Crippen LogP contribution < -0.4 is 0 Å². The molecule has 17 heavy (non-hydrogen) atoms. The summed E-state index contributed by atoms with van der Waals surface area (Å²) in [4.78, 5) is 21.2. The van der Waals surface area contributed by atoms with Gasteiger partial charge in [-0.05, 0) is 19.8 Å². The first-order valence-electron chi connectivity index (χ1n) is 6.11. The quantitative estimate of drug-likeness (QED) is 0.350. The van der Waals surface area contributed by atoms with E-state index < -0.39 is 12.3 Å². The van der Waals surface area contributed by atoms with Crippen molar-refractivity contribution in [3.05, 3.63) is 0 Å². The van der Waals surface area contributed by atoms with Gasteiger partial charge in [0, 0.05) is 12.8 Å². The number of unbranched alkanes of at least 4 members (excludes halogenated alkanes) is 5.